The summed E-state index contributed by atoms with van der Waals surface area (Å²) in [4.78, 5) is 11.6. The van der Waals surface area contributed by atoms with Crippen LogP contribution in [0.15, 0.2) is 39.9 Å². The number of carbonyl (C=O) groups is 1. The van der Waals surface area contributed by atoms with Crippen molar-refractivity contribution in [3.63, 3.8) is 0 Å². The minimum absolute atomic E-state index is 0.0367. The van der Waals surface area contributed by atoms with Crippen molar-refractivity contribution in [3.8, 4) is 11.3 Å². The Morgan fingerprint density at radius 3 is 2.38 bits per heavy atom. The number of halogens is 8. The first-order valence-electron chi connectivity index (χ1n) is 7.41. The number of methoxy groups -OCH3 is 1. The van der Waals surface area contributed by atoms with E-state index in [0.29, 0.717) is 11.6 Å². The number of nitrogens with zero attached hydrogens (tertiary/aromatic N) is 1. The fourth-order valence-electron chi connectivity index (χ4n) is 1.95. The molecule has 158 valence electrons. The van der Waals surface area contributed by atoms with Crippen LogP contribution in [0.4, 0.5) is 30.7 Å². The lowest BCUT2D eigenvalue weighted by molar-refractivity contribution is -0.361. The van der Waals surface area contributed by atoms with Gasteiger partial charge >= 0.3 is 24.1 Å². The lowest BCUT2D eigenvalue weighted by Crippen LogP contribution is -2.58. The Morgan fingerprint density at radius 1 is 1.14 bits per heavy atom. The van der Waals surface area contributed by atoms with Crippen molar-refractivity contribution in [1.29, 1.82) is 0 Å². The van der Waals surface area contributed by atoms with Crippen molar-refractivity contribution in [2.24, 2.45) is 5.10 Å². The Kier molecular flexibility index (Phi) is 6.16. The van der Waals surface area contributed by atoms with E-state index >= 15 is 0 Å². The molecular weight excluding hydrogens is 437 g/mol. The Bertz CT molecular complexity index is 925. The van der Waals surface area contributed by atoms with Gasteiger partial charge in [-0.05, 0) is 30.3 Å². The second kappa shape index (κ2) is 7.93. The predicted octanol–water partition coefficient (Wildman–Crippen LogP) is 5.10. The average Bonchev–Trinajstić information content (AvgIpc) is 3.08. The molecule has 0 aliphatic rings. The van der Waals surface area contributed by atoms with Crippen LogP contribution in [0.5, 0.6) is 0 Å². The largest absolute Gasteiger partial charge is 0.465 e. The number of rotatable bonds is 6. The number of ether oxygens (including phenoxy) is 1. The molecule has 5 nitrogen and oxygen atoms in total. The van der Waals surface area contributed by atoms with Crippen LogP contribution in [0.2, 0.25) is 5.02 Å². The topological polar surface area (TPSA) is 63.8 Å². The summed E-state index contributed by atoms with van der Waals surface area (Å²) in [6.45, 7) is 0. The molecule has 0 unspecified atom stereocenters. The van der Waals surface area contributed by atoms with Gasteiger partial charge in [-0.2, -0.15) is 35.8 Å². The highest BCUT2D eigenvalue weighted by molar-refractivity contribution is 6.33. The van der Waals surface area contributed by atoms with Gasteiger partial charge in [0.25, 0.3) is 0 Å². The fourth-order valence-corrected chi connectivity index (χ4v) is 2.16. The maximum absolute atomic E-state index is 13.1. The van der Waals surface area contributed by atoms with E-state index < -0.39 is 24.1 Å². The van der Waals surface area contributed by atoms with Crippen molar-refractivity contribution in [1.82, 2.24) is 5.43 Å². The third-order valence-electron chi connectivity index (χ3n) is 3.43. The molecule has 0 fully saturated rings. The molecule has 0 atom stereocenters. The van der Waals surface area contributed by atoms with Gasteiger partial charge in [-0.25, -0.2) is 10.2 Å². The van der Waals surface area contributed by atoms with E-state index in [-0.39, 0.29) is 27.7 Å². The van der Waals surface area contributed by atoms with Gasteiger partial charge in [-0.3, -0.25) is 0 Å². The zero-order valence-corrected chi connectivity index (χ0v) is 14.9. The van der Waals surface area contributed by atoms with E-state index in [1.807, 2.05) is 0 Å². The molecule has 0 spiro atoms. The molecule has 29 heavy (non-hydrogen) atoms. The number of esters is 1. The van der Waals surface area contributed by atoms with Crippen LogP contribution in [0.3, 0.4) is 0 Å². The summed E-state index contributed by atoms with van der Waals surface area (Å²) in [6.07, 6.45) is -6.03. The normalized spacial score (nSPS) is 13.0. The fraction of sp³-hybridized carbons (Fsp3) is 0.250. The zero-order valence-electron chi connectivity index (χ0n) is 14.2. The van der Waals surface area contributed by atoms with Crippen LogP contribution >= 0.6 is 11.6 Å². The van der Waals surface area contributed by atoms with Gasteiger partial charge in [0, 0.05) is 5.56 Å². The van der Waals surface area contributed by atoms with Crippen LogP contribution in [0, 0.1) is 0 Å². The van der Waals surface area contributed by atoms with Crippen molar-refractivity contribution in [2.45, 2.75) is 18.1 Å². The van der Waals surface area contributed by atoms with Gasteiger partial charge in [-0.1, -0.05) is 11.6 Å². The summed E-state index contributed by atoms with van der Waals surface area (Å²) < 4.78 is 97.6. The highest BCUT2D eigenvalue weighted by Crippen LogP contribution is 2.45. The molecule has 1 aromatic carbocycles. The maximum atomic E-state index is 13.1. The van der Waals surface area contributed by atoms with Gasteiger partial charge in [0.1, 0.15) is 11.5 Å². The third kappa shape index (κ3) is 4.63. The molecule has 0 radical (unpaired) electrons. The number of nitrogens with one attached hydrogen (secondary N) is 1. The second-order valence-corrected chi connectivity index (χ2v) is 5.81. The van der Waals surface area contributed by atoms with Gasteiger partial charge < -0.3 is 9.15 Å². The first-order chi connectivity index (χ1) is 13.3. The van der Waals surface area contributed by atoms with E-state index in [0.717, 1.165) is 13.2 Å². The SMILES string of the molecule is COC(=O)c1ccc(Cl)c(-c2ccc(/C=N/NC(F)(F)C(F)(F)C(F)(F)F)o2)c1. The van der Waals surface area contributed by atoms with Crippen LogP contribution in [-0.2, 0) is 4.74 Å². The van der Waals surface area contributed by atoms with Crippen molar-refractivity contribution < 1.29 is 44.7 Å². The molecular formula is C16H10ClF7N2O3. The molecule has 2 rings (SSSR count). The van der Waals surface area contributed by atoms with E-state index in [1.54, 1.807) is 0 Å². The molecule has 0 aliphatic heterocycles. The number of hydrogen-bond donors (Lipinski definition) is 1. The lowest BCUT2D eigenvalue weighted by Gasteiger charge is -2.27. The first kappa shape index (κ1) is 22.5. The van der Waals surface area contributed by atoms with E-state index in [4.69, 9.17) is 16.0 Å². The number of hydrazone groups is 1. The highest BCUT2D eigenvalue weighted by atomic mass is 35.5. The van der Waals surface area contributed by atoms with E-state index in [2.05, 4.69) is 9.84 Å². The minimum Gasteiger partial charge on any atom is -0.465 e. The monoisotopic (exact) mass is 446 g/mol. The predicted molar refractivity (Wildman–Crippen MR) is 87.2 cm³/mol. The van der Waals surface area contributed by atoms with E-state index in [1.165, 1.54) is 24.3 Å². The summed E-state index contributed by atoms with van der Waals surface area (Å²) >= 11 is 6.00. The molecule has 0 bridgehead atoms. The molecule has 0 amide bonds. The van der Waals surface area contributed by atoms with E-state index in [9.17, 15) is 35.5 Å². The average molecular weight is 447 g/mol. The number of furan rings is 1. The number of carbonyl (C=O) groups excluding carboxylic acids is 1. The second-order valence-electron chi connectivity index (χ2n) is 5.40. The van der Waals surface area contributed by atoms with Gasteiger partial charge in [0.15, 0.2) is 0 Å². The zero-order chi connectivity index (χ0) is 22.0. The Hall–Kier alpha value is -2.76. The highest BCUT2D eigenvalue weighted by Gasteiger charge is 2.73. The molecule has 0 saturated heterocycles. The smallest absolute Gasteiger partial charge is 0.462 e. The minimum atomic E-state index is -6.49. The summed E-state index contributed by atoms with van der Waals surface area (Å²) in [5, 5.41) is 2.82. The standard InChI is InChI=1S/C16H10ClF7N2O3/c1-28-13(27)8-2-4-11(17)10(6-8)12-5-3-9(29-12)7-25-26-16(23,24)14(18,19)15(20,21)22/h2-7,26H,1H3/b25-7+. The summed E-state index contributed by atoms with van der Waals surface area (Å²) in [6, 6.07) is 0.782. The molecule has 0 saturated carbocycles. The summed E-state index contributed by atoms with van der Waals surface area (Å²) in [5.41, 5.74) is 0.790. The van der Waals surface area contributed by atoms with Crippen molar-refractivity contribution >= 4 is 23.8 Å². The molecule has 1 heterocycles. The number of alkyl halides is 7. The van der Waals surface area contributed by atoms with Crippen molar-refractivity contribution in [2.75, 3.05) is 7.11 Å². The Labute approximate surface area is 163 Å². The van der Waals surface area contributed by atoms with Gasteiger partial charge in [-0.15, -0.1) is 0 Å². The maximum Gasteiger partial charge on any atom is 0.462 e. The van der Waals surface area contributed by atoms with Gasteiger partial charge in [0.05, 0.1) is 23.9 Å². The third-order valence-corrected chi connectivity index (χ3v) is 3.76. The summed E-state index contributed by atoms with van der Waals surface area (Å²) in [7, 11) is 1.16. The van der Waals surface area contributed by atoms with Crippen LogP contribution in [-0.4, -0.2) is 37.4 Å². The first-order valence-corrected chi connectivity index (χ1v) is 7.78. The quantitative estimate of drug-likeness (QED) is 0.220. The molecule has 0 aliphatic carbocycles. The summed E-state index contributed by atoms with van der Waals surface area (Å²) in [5.74, 6) is -7.27. The lowest BCUT2D eigenvalue weighted by atomic mass is 10.1. The van der Waals surface area contributed by atoms with Crippen LogP contribution in [0.1, 0.15) is 16.1 Å². The Morgan fingerprint density at radius 2 is 1.79 bits per heavy atom. The van der Waals surface area contributed by atoms with Gasteiger partial charge in [0.2, 0.25) is 0 Å². The number of hydrogen-bond acceptors (Lipinski definition) is 5. The van der Waals surface area contributed by atoms with Crippen LogP contribution < -0.4 is 5.43 Å². The molecule has 2 aromatic rings. The Balaban J connectivity index is 2.20. The van der Waals surface area contributed by atoms with Crippen molar-refractivity contribution in [3.05, 3.63) is 46.7 Å². The molecule has 1 aromatic heterocycles. The van der Waals surface area contributed by atoms with Crippen LogP contribution in [0.25, 0.3) is 11.3 Å². The molecule has 1 N–H and O–H groups in total. The number of benzene rings is 1. The molecule has 13 heteroatoms.